The quantitative estimate of drug-likeness (QED) is 0.593. The van der Waals surface area contributed by atoms with Gasteiger partial charge in [0.1, 0.15) is 12.3 Å². The molecule has 0 unspecified atom stereocenters. The van der Waals surface area contributed by atoms with Gasteiger partial charge in [-0.05, 0) is 49.1 Å². The van der Waals surface area contributed by atoms with Crippen LogP contribution in [0, 0.1) is 0 Å². The van der Waals surface area contributed by atoms with Crippen molar-refractivity contribution in [1.82, 2.24) is 14.7 Å². The van der Waals surface area contributed by atoms with Crippen LogP contribution in [0.25, 0.3) is 0 Å². The van der Waals surface area contributed by atoms with Crippen molar-refractivity contribution in [3.8, 4) is 11.5 Å². The first-order valence-corrected chi connectivity index (χ1v) is 11.0. The van der Waals surface area contributed by atoms with Crippen LogP contribution in [0.3, 0.4) is 0 Å². The molecule has 1 N–H and O–H groups in total. The Balaban J connectivity index is 1.46. The Morgan fingerprint density at radius 1 is 1.03 bits per heavy atom. The van der Waals surface area contributed by atoms with Gasteiger partial charge >= 0.3 is 0 Å². The molecule has 8 nitrogen and oxygen atoms in total. The number of rotatable bonds is 7. The van der Waals surface area contributed by atoms with E-state index in [1.807, 2.05) is 35.2 Å². The van der Waals surface area contributed by atoms with Crippen LogP contribution < -0.4 is 14.8 Å². The standard InChI is InChI=1S/C25H28N4O4/c1-28-23(25(31)29-13-6-3-7-14-29)20(16-26-28)27-24(30)19-10-8-9-18(15-19)17-33-22-12-5-4-11-21(22)32-2/h4-5,8-12,15-16H,3,6-7,13-14,17H2,1-2H3,(H,27,30). The van der Waals surface area contributed by atoms with Crippen molar-refractivity contribution in [3.63, 3.8) is 0 Å². The molecule has 1 saturated heterocycles. The third-order valence-electron chi connectivity index (χ3n) is 5.69. The molecule has 33 heavy (non-hydrogen) atoms. The zero-order valence-corrected chi connectivity index (χ0v) is 18.9. The lowest BCUT2D eigenvalue weighted by Gasteiger charge is -2.27. The molecule has 2 amide bonds. The highest BCUT2D eigenvalue weighted by Crippen LogP contribution is 2.27. The SMILES string of the molecule is COc1ccccc1OCc1cccc(C(=O)Nc2cnn(C)c2C(=O)N2CCCCC2)c1. The van der Waals surface area contributed by atoms with E-state index in [1.54, 1.807) is 32.4 Å². The monoisotopic (exact) mass is 448 g/mol. The number of carbonyl (C=O) groups is 2. The van der Waals surface area contributed by atoms with Crippen molar-refractivity contribution in [3.05, 3.63) is 71.5 Å². The highest BCUT2D eigenvalue weighted by molar-refractivity contribution is 6.08. The topological polar surface area (TPSA) is 85.7 Å². The fourth-order valence-corrected chi connectivity index (χ4v) is 3.93. The average molecular weight is 449 g/mol. The molecule has 0 aliphatic carbocycles. The summed E-state index contributed by atoms with van der Waals surface area (Å²) < 4.78 is 12.7. The van der Waals surface area contributed by atoms with Gasteiger partial charge in [0.05, 0.1) is 19.0 Å². The smallest absolute Gasteiger partial charge is 0.274 e. The van der Waals surface area contributed by atoms with Crippen LogP contribution >= 0.6 is 0 Å². The summed E-state index contributed by atoms with van der Waals surface area (Å²) in [7, 11) is 3.30. The summed E-state index contributed by atoms with van der Waals surface area (Å²) in [6, 6.07) is 14.6. The van der Waals surface area contributed by atoms with E-state index < -0.39 is 0 Å². The van der Waals surface area contributed by atoms with Gasteiger partial charge in [0, 0.05) is 25.7 Å². The summed E-state index contributed by atoms with van der Waals surface area (Å²) in [5.74, 6) is 0.860. The first-order valence-electron chi connectivity index (χ1n) is 11.0. The normalized spacial score (nSPS) is 13.5. The molecule has 172 valence electrons. The molecule has 8 heteroatoms. The van der Waals surface area contributed by atoms with E-state index in [0.29, 0.717) is 28.4 Å². The van der Waals surface area contributed by atoms with E-state index in [0.717, 1.165) is 37.9 Å². The maximum Gasteiger partial charge on any atom is 0.274 e. The minimum absolute atomic E-state index is 0.107. The predicted molar refractivity (Wildman–Crippen MR) is 125 cm³/mol. The van der Waals surface area contributed by atoms with Crippen molar-refractivity contribution in [2.24, 2.45) is 7.05 Å². The minimum atomic E-state index is -0.310. The van der Waals surface area contributed by atoms with Gasteiger partial charge < -0.3 is 19.7 Å². The summed E-state index contributed by atoms with van der Waals surface area (Å²) in [4.78, 5) is 27.8. The average Bonchev–Trinajstić information content (AvgIpc) is 3.22. The second-order valence-electron chi connectivity index (χ2n) is 7.98. The molecule has 0 atom stereocenters. The fourth-order valence-electron chi connectivity index (χ4n) is 3.93. The van der Waals surface area contributed by atoms with E-state index in [-0.39, 0.29) is 18.4 Å². The van der Waals surface area contributed by atoms with Gasteiger partial charge in [0.25, 0.3) is 11.8 Å². The molecule has 0 spiro atoms. The molecule has 2 aromatic carbocycles. The zero-order valence-electron chi connectivity index (χ0n) is 18.9. The molecule has 1 aliphatic rings. The molecule has 0 bridgehead atoms. The number of hydrogen-bond donors (Lipinski definition) is 1. The molecular formula is C25H28N4O4. The third kappa shape index (κ3) is 5.16. The van der Waals surface area contributed by atoms with Crippen LogP contribution in [0.4, 0.5) is 5.69 Å². The van der Waals surface area contributed by atoms with Crippen LogP contribution in [0.1, 0.15) is 45.7 Å². The highest BCUT2D eigenvalue weighted by atomic mass is 16.5. The molecule has 1 fully saturated rings. The first kappa shape index (κ1) is 22.4. The van der Waals surface area contributed by atoms with E-state index in [4.69, 9.17) is 9.47 Å². The Labute approximate surface area is 193 Å². The second kappa shape index (κ2) is 10.2. The molecule has 1 aliphatic heterocycles. The molecule has 2 heterocycles. The Bertz CT molecular complexity index is 1130. The molecule has 0 saturated carbocycles. The van der Waals surface area contributed by atoms with Gasteiger partial charge in [-0.15, -0.1) is 0 Å². The fraction of sp³-hybridized carbons (Fsp3) is 0.320. The van der Waals surface area contributed by atoms with Crippen LogP contribution in [0.5, 0.6) is 11.5 Å². The summed E-state index contributed by atoms with van der Waals surface area (Å²) in [6.07, 6.45) is 4.64. The van der Waals surface area contributed by atoms with Crippen molar-refractivity contribution in [2.45, 2.75) is 25.9 Å². The van der Waals surface area contributed by atoms with Gasteiger partial charge in [-0.2, -0.15) is 5.10 Å². The van der Waals surface area contributed by atoms with Crippen molar-refractivity contribution in [2.75, 3.05) is 25.5 Å². The Hall–Kier alpha value is -3.81. The Kier molecular flexibility index (Phi) is 6.92. The Morgan fingerprint density at radius 3 is 2.55 bits per heavy atom. The van der Waals surface area contributed by atoms with Gasteiger partial charge in [0.15, 0.2) is 11.5 Å². The van der Waals surface area contributed by atoms with Crippen LogP contribution in [-0.2, 0) is 13.7 Å². The number of methoxy groups -OCH3 is 1. The van der Waals surface area contributed by atoms with Crippen LogP contribution in [0.15, 0.2) is 54.7 Å². The summed E-state index contributed by atoms with van der Waals surface area (Å²) in [5.41, 5.74) is 2.11. The number of nitrogens with one attached hydrogen (secondary N) is 1. The number of hydrogen-bond acceptors (Lipinski definition) is 5. The van der Waals surface area contributed by atoms with Crippen LogP contribution in [0.2, 0.25) is 0 Å². The predicted octanol–water partition coefficient (Wildman–Crippen LogP) is 3.89. The summed E-state index contributed by atoms with van der Waals surface area (Å²) in [6.45, 7) is 1.74. The number of aryl methyl sites for hydroxylation is 1. The van der Waals surface area contributed by atoms with E-state index in [1.165, 1.54) is 10.9 Å². The number of amides is 2. The van der Waals surface area contributed by atoms with Crippen LogP contribution in [-0.4, -0.2) is 46.7 Å². The number of ether oxygens (including phenoxy) is 2. The third-order valence-corrected chi connectivity index (χ3v) is 5.69. The lowest BCUT2D eigenvalue weighted by Crippen LogP contribution is -2.37. The van der Waals surface area contributed by atoms with Crippen molar-refractivity contribution >= 4 is 17.5 Å². The van der Waals surface area contributed by atoms with Gasteiger partial charge in [-0.25, -0.2) is 0 Å². The Morgan fingerprint density at radius 2 is 1.79 bits per heavy atom. The molecule has 4 rings (SSSR count). The number of piperidine rings is 1. The second-order valence-corrected chi connectivity index (χ2v) is 7.98. The largest absolute Gasteiger partial charge is 0.493 e. The zero-order chi connectivity index (χ0) is 23.2. The number of aromatic nitrogens is 2. The number of para-hydroxylation sites is 2. The highest BCUT2D eigenvalue weighted by Gasteiger charge is 2.25. The van der Waals surface area contributed by atoms with Gasteiger partial charge in [0.2, 0.25) is 0 Å². The number of carbonyl (C=O) groups excluding carboxylic acids is 2. The maximum atomic E-state index is 13.0. The summed E-state index contributed by atoms with van der Waals surface area (Å²) in [5, 5.41) is 7.06. The van der Waals surface area contributed by atoms with Gasteiger partial charge in [-0.1, -0.05) is 24.3 Å². The van der Waals surface area contributed by atoms with Crippen molar-refractivity contribution in [1.29, 1.82) is 0 Å². The number of nitrogens with zero attached hydrogens (tertiary/aromatic N) is 3. The van der Waals surface area contributed by atoms with Crippen molar-refractivity contribution < 1.29 is 19.1 Å². The molecule has 0 radical (unpaired) electrons. The molecule has 3 aromatic rings. The van der Waals surface area contributed by atoms with Gasteiger partial charge in [-0.3, -0.25) is 14.3 Å². The number of likely N-dealkylation sites (tertiary alicyclic amines) is 1. The molecular weight excluding hydrogens is 420 g/mol. The summed E-state index contributed by atoms with van der Waals surface area (Å²) >= 11 is 0. The number of benzene rings is 2. The van der Waals surface area contributed by atoms with E-state index in [2.05, 4.69) is 10.4 Å². The lowest BCUT2D eigenvalue weighted by molar-refractivity contribution is 0.0714. The number of anilines is 1. The minimum Gasteiger partial charge on any atom is -0.493 e. The first-order chi connectivity index (χ1) is 16.1. The molecule has 1 aromatic heterocycles. The van der Waals surface area contributed by atoms with E-state index in [9.17, 15) is 9.59 Å². The van der Waals surface area contributed by atoms with E-state index >= 15 is 0 Å². The lowest BCUT2D eigenvalue weighted by atomic mass is 10.1. The maximum absolute atomic E-state index is 13.0.